The van der Waals surface area contributed by atoms with E-state index in [2.05, 4.69) is 10.5 Å². The molecule has 0 spiro atoms. The Kier molecular flexibility index (Phi) is 6.21. The molecule has 0 radical (unpaired) electrons. The fourth-order valence-electron chi connectivity index (χ4n) is 1.96. The Balaban J connectivity index is 2.08. The zero-order valence-corrected chi connectivity index (χ0v) is 14.5. The number of methoxy groups -OCH3 is 1. The Morgan fingerprint density at radius 3 is 2.62 bits per heavy atom. The summed E-state index contributed by atoms with van der Waals surface area (Å²) in [7, 11) is 1.53. The van der Waals surface area contributed by atoms with Gasteiger partial charge in [0.05, 0.1) is 19.4 Å². The molecule has 2 aromatic rings. The first-order valence-corrected chi connectivity index (χ1v) is 7.81. The monoisotopic (exact) mass is 346 g/mol. The summed E-state index contributed by atoms with van der Waals surface area (Å²) in [4.78, 5) is 12.2. The van der Waals surface area contributed by atoms with Crippen LogP contribution < -0.4 is 14.9 Å². The van der Waals surface area contributed by atoms with Gasteiger partial charge in [-0.2, -0.15) is 5.10 Å². The molecule has 1 amide bonds. The molecule has 0 bridgehead atoms. The summed E-state index contributed by atoms with van der Waals surface area (Å²) in [5.74, 6) is 0.725. The Hall–Kier alpha value is -2.53. The summed E-state index contributed by atoms with van der Waals surface area (Å²) in [5.41, 5.74) is 3.60. The maximum Gasteiger partial charge on any atom is 0.271 e. The standard InChI is InChI=1S/C18H19ClN2O3/c1-12(2)24-16-9-8-13(10-17(16)23-3)18(22)21-20-11-14-6-4-5-7-15(14)19/h4-12H,1-3H3,(H,21,22)/b20-11-. The summed E-state index contributed by atoms with van der Waals surface area (Å²) < 4.78 is 10.9. The minimum Gasteiger partial charge on any atom is -0.493 e. The highest BCUT2D eigenvalue weighted by Gasteiger charge is 2.11. The van der Waals surface area contributed by atoms with Gasteiger partial charge in [-0.3, -0.25) is 4.79 Å². The fourth-order valence-corrected chi connectivity index (χ4v) is 2.15. The number of hydrogen-bond donors (Lipinski definition) is 1. The van der Waals surface area contributed by atoms with Gasteiger partial charge in [0.15, 0.2) is 11.5 Å². The number of hydrogen-bond acceptors (Lipinski definition) is 4. The quantitative estimate of drug-likeness (QED) is 0.637. The van der Waals surface area contributed by atoms with E-state index >= 15 is 0 Å². The van der Waals surface area contributed by atoms with Crippen LogP contribution in [0.25, 0.3) is 0 Å². The van der Waals surface area contributed by atoms with Crippen LogP contribution in [-0.4, -0.2) is 25.3 Å². The average Bonchev–Trinajstić information content (AvgIpc) is 2.56. The van der Waals surface area contributed by atoms with E-state index in [0.717, 1.165) is 5.56 Å². The molecule has 6 heteroatoms. The van der Waals surface area contributed by atoms with Crippen LogP contribution in [0.1, 0.15) is 29.8 Å². The number of halogens is 1. The van der Waals surface area contributed by atoms with Crippen molar-refractivity contribution < 1.29 is 14.3 Å². The molecule has 0 unspecified atom stereocenters. The SMILES string of the molecule is COc1cc(C(=O)N/N=C\c2ccccc2Cl)ccc1OC(C)C. The van der Waals surface area contributed by atoms with E-state index in [1.54, 1.807) is 30.3 Å². The summed E-state index contributed by atoms with van der Waals surface area (Å²) in [6, 6.07) is 12.2. The summed E-state index contributed by atoms with van der Waals surface area (Å²) in [5, 5.41) is 4.49. The summed E-state index contributed by atoms with van der Waals surface area (Å²) in [6.07, 6.45) is 1.51. The van der Waals surface area contributed by atoms with Gasteiger partial charge in [0.2, 0.25) is 0 Å². The van der Waals surface area contributed by atoms with Crippen LogP contribution in [0.2, 0.25) is 5.02 Å². The normalized spacial score (nSPS) is 10.9. The fraction of sp³-hybridized carbons (Fsp3) is 0.222. The summed E-state index contributed by atoms with van der Waals surface area (Å²) >= 11 is 6.02. The van der Waals surface area contributed by atoms with Crippen LogP contribution in [0.3, 0.4) is 0 Å². The molecule has 2 aromatic carbocycles. The molecule has 0 aromatic heterocycles. The Labute approximate surface area is 146 Å². The first kappa shape index (κ1) is 17.8. The van der Waals surface area contributed by atoms with Crippen LogP contribution in [0, 0.1) is 0 Å². The first-order chi connectivity index (χ1) is 11.5. The van der Waals surface area contributed by atoms with Crippen molar-refractivity contribution in [2.24, 2.45) is 5.10 Å². The molecule has 0 saturated heterocycles. The van der Waals surface area contributed by atoms with Crippen molar-refractivity contribution in [3.05, 3.63) is 58.6 Å². The number of carbonyl (C=O) groups excluding carboxylic acids is 1. The van der Waals surface area contributed by atoms with Gasteiger partial charge >= 0.3 is 0 Å². The second-order valence-corrected chi connectivity index (χ2v) is 5.66. The molecule has 0 aliphatic rings. The average molecular weight is 347 g/mol. The van der Waals surface area contributed by atoms with Crippen LogP contribution in [0.15, 0.2) is 47.6 Å². The minimum absolute atomic E-state index is 0.0128. The van der Waals surface area contributed by atoms with Crippen molar-refractivity contribution in [3.8, 4) is 11.5 Å². The van der Waals surface area contributed by atoms with Crippen LogP contribution in [0.4, 0.5) is 0 Å². The highest BCUT2D eigenvalue weighted by atomic mass is 35.5. The zero-order valence-electron chi connectivity index (χ0n) is 13.7. The van der Waals surface area contributed by atoms with Crippen molar-refractivity contribution in [3.63, 3.8) is 0 Å². The van der Waals surface area contributed by atoms with Gasteiger partial charge in [-0.05, 0) is 38.1 Å². The van der Waals surface area contributed by atoms with Gasteiger partial charge in [-0.25, -0.2) is 5.43 Å². The van der Waals surface area contributed by atoms with E-state index < -0.39 is 0 Å². The molecule has 0 aliphatic carbocycles. The van der Waals surface area contributed by atoms with E-state index in [0.29, 0.717) is 22.1 Å². The second kappa shape index (κ2) is 8.36. The molecule has 24 heavy (non-hydrogen) atoms. The van der Waals surface area contributed by atoms with E-state index in [1.165, 1.54) is 13.3 Å². The molecule has 0 fully saturated rings. The van der Waals surface area contributed by atoms with Crippen LogP contribution >= 0.6 is 11.6 Å². The van der Waals surface area contributed by atoms with E-state index in [9.17, 15) is 4.79 Å². The Morgan fingerprint density at radius 2 is 1.96 bits per heavy atom. The minimum atomic E-state index is -0.354. The van der Waals surface area contributed by atoms with E-state index in [-0.39, 0.29) is 12.0 Å². The van der Waals surface area contributed by atoms with Crippen molar-refractivity contribution in [2.45, 2.75) is 20.0 Å². The molecule has 126 valence electrons. The third kappa shape index (κ3) is 4.73. The highest BCUT2D eigenvalue weighted by Crippen LogP contribution is 2.28. The predicted molar refractivity (Wildman–Crippen MR) is 95.3 cm³/mol. The van der Waals surface area contributed by atoms with Gasteiger partial charge in [0.1, 0.15) is 0 Å². The molecular formula is C18H19ClN2O3. The third-order valence-electron chi connectivity index (χ3n) is 3.06. The molecule has 0 atom stereocenters. The number of benzene rings is 2. The summed E-state index contributed by atoms with van der Waals surface area (Å²) in [6.45, 7) is 3.84. The lowest BCUT2D eigenvalue weighted by Gasteiger charge is -2.14. The molecular weight excluding hydrogens is 328 g/mol. The van der Waals surface area contributed by atoms with Crippen LogP contribution in [-0.2, 0) is 0 Å². The predicted octanol–water partition coefficient (Wildman–Crippen LogP) is 3.90. The first-order valence-electron chi connectivity index (χ1n) is 7.44. The number of carbonyl (C=O) groups is 1. The molecule has 5 nitrogen and oxygen atoms in total. The third-order valence-corrected chi connectivity index (χ3v) is 3.41. The van der Waals surface area contributed by atoms with Gasteiger partial charge in [-0.1, -0.05) is 29.8 Å². The lowest BCUT2D eigenvalue weighted by atomic mass is 10.2. The number of amides is 1. The molecule has 0 saturated carbocycles. The van der Waals surface area contributed by atoms with E-state index in [4.69, 9.17) is 21.1 Å². The number of ether oxygens (including phenoxy) is 2. The maximum absolute atomic E-state index is 12.2. The Morgan fingerprint density at radius 1 is 1.21 bits per heavy atom. The smallest absolute Gasteiger partial charge is 0.271 e. The number of nitrogens with zero attached hydrogens (tertiary/aromatic N) is 1. The van der Waals surface area contributed by atoms with Crippen molar-refractivity contribution >= 4 is 23.7 Å². The number of hydrazone groups is 1. The van der Waals surface area contributed by atoms with Crippen molar-refractivity contribution in [2.75, 3.05) is 7.11 Å². The second-order valence-electron chi connectivity index (χ2n) is 5.25. The van der Waals surface area contributed by atoms with Gasteiger partial charge in [0, 0.05) is 16.1 Å². The zero-order chi connectivity index (χ0) is 17.5. The van der Waals surface area contributed by atoms with Gasteiger partial charge in [0.25, 0.3) is 5.91 Å². The maximum atomic E-state index is 12.2. The Bertz CT molecular complexity index is 745. The van der Waals surface area contributed by atoms with Crippen molar-refractivity contribution in [1.82, 2.24) is 5.43 Å². The molecule has 1 N–H and O–H groups in total. The van der Waals surface area contributed by atoms with Crippen molar-refractivity contribution in [1.29, 1.82) is 0 Å². The molecule has 0 aliphatic heterocycles. The lowest BCUT2D eigenvalue weighted by Crippen LogP contribution is -2.18. The molecule has 0 heterocycles. The lowest BCUT2D eigenvalue weighted by molar-refractivity contribution is 0.0954. The molecule has 2 rings (SSSR count). The highest BCUT2D eigenvalue weighted by molar-refractivity contribution is 6.33. The van der Waals surface area contributed by atoms with Gasteiger partial charge < -0.3 is 9.47 Å². The number of nitrogens with one attached hydrogen (secondary N) is 1. The largest absolute Gasteiger partial charge is 0.493 e. The van der Waals surface area contributed by atoms with Gasteiger partial charge in [-0.15, -0.1) is 0 Å². The van der Waals surface area contributed by atoms with Crippen LogP contribution in [0.5, 0.6) is 11.5 Å². The number of rotatable bonds is 6. The van der Waals surface area contributed by atoms with E-state index in [1.807, 2.05) is 26.0 Å². The topological polar surface area (TPSA) is 59.9 Å².